The van der Waals surface area contributed by atoms with Crippen molar-refractivity contribution in [2.45, 2.75) is 58.0 Å². The standard InChI is InChI=1S/C16H26N4/c1-11(17-9-15-10-20(2)19-18-15)16-6-12-3-13(7-16)5-14(4-12)8-16/h10-14,17H,3-9H2,1-2H3. The Kier molecular flexibility index (Phi) is 2.92. The summed E-state index contributed by atoms with van der Waals surface area (Å²) < 4.78 is 1.78. The molecule has 0 amide bonds. The Morgan fingerprint density at radius 2 is 1.85 bits per heavy atom. The van der Waals surface area contributed by atoms with Gasteiger partial charge in [0.1, 0.15) is 0 Å². The van der Waals surface area contributed by atoms with Crippen molar-refractivity contribution in [1.82, 2.24) is 20.3 Å². The van der Waals surface area contributed by atoms with Crippen LogP contribution in [0.15, 0.2) is 6.20 Å². The molecule has 20 heavy (non-hydrogen) atoms. The van der Waals surface area contributed by atoms with Crippen molar-refractivity contribution in [3.05, 3.63) is 11.9 Å². The van der Waals surface area contributed by atoms with Crippen LogP contribution in [0.4, 0.5) is 0 Å². The molecule has 1 N–H and O–H groups in total. The number of hydrogen-bond acceptors (Lipinski definition) is 3. The molecule has 4 aliphatic carbocycles. The SMILES string of the molecule is CC(NCc1cn(C)nn1)C12CC3CC(CC(C3)C1)C2. The van der Waals surface area contributed by atoms with Crippen molar-refractivity contribution in [2.75, 3.05) is 0 Å². The molecule has 1 unspecified atom stereocenters. The van der Waals surface area contributed by atoms with E-state index in [1.165, 1.54) is 38.5 Å². The van der Waals surface area contributed by atoms with Crippen LogP contribution in [0.25, 0.3) is 0 Å². The molecule has 4 bridgehead atoms. The average Bonchev–Trinajstić information content (AvgIpc) is 2.80. The predicted molar refractivity (Wildman–Crippen MR) is 77.9 cm³/mol. The molecule has 0 radical (unpaired) electrons. The summed E-state index contributed by atoms with van der Waals surface area (Å²) in [5.41, 5.74) is 1.64. The lowest BCUT2D eigenvalue weighted by Crippen LogP contribution is -2.54. The largest absolute Gasteiger partial charge is 0.308 e. The molecule has 0 aromatic carbocycles. The van der Waals surface area contributed by atoms with E-state index >= 15 is 0 Å². The van der Waals surface area contributed by atoms with Crippen LogP contribution >= 0.6 is 0 Å². The fourth-order valence-corrected chi connectivity index (χ4v) is 5.66. The highest BCUT2D eigenvalue weighted by Gasteiger charge is 2.52. The zero-order valence-corrected chi connectivity index (χ0v) is 12.7. The van der Waals surface area contributed by atoms with Crippen molar-refractivity contribution in [3.8, 4) is 0 Å². The summed E-state index contributed by atoms with van der Waals surface area (Å²) in [5, 5.41) is 12.0. The fraction of sp³-hybridized carbons (Fsp3) is 0.875. The molecule has 1 atom stereocenters. The molecular weight excluding hydrogens is 248 g/mol. The molecule has 1 aromatic rings. The van der Waals surface area contributed by atoms with Gasteiger partial charge in [-0.1, -0.05) is 5.21 Å². The predicted octanol–water partition coefficient (Wildman–Crippen LogP) is 2.51. The Morgan fingerprint density at radius 3 is 2.35 bits per heavy atom. The van der Waals surface area contributed by atoms with Gasteiger partial charge in [-0.05, 0) is 68.6 Å². The number of nitrogens with one attached hydrogen (secondary N) is 1. The van der Waals surface area contributed by atoms with Gasteiger partial charge in [0, 0.05) is 25.8 Å². The van der Waals surface area contributed by atoms with Gasteiger partial charge in [-0.15, -0.1) is 5.10 Å². The van der Waals surface area contributed by atoms with E-state index in [1.54, 1.807) is 4.68 Å². The van der Waals surface area contributed by atoms with E-state index in [-0.39, 0.29) is 0 Å². The third-order valence-corrected chi connectivity index (χ3v) is 6.24. The summed E-state index contributed by atoms with van der Waals surface area (Å²) in [6, 6.07) is 0.609. The maximum Gasteiger partial charge on any atom is 0.0964 e. The number of rotatable bonds is 4. The molecule has 4 saturated carbocycles. The van der Waals surface area contributed by atoms with Crippen LogP contribution in [0.3, 0.4) is 0 Å². The number of nitrogens with zero attached hydrogens (tertiary/aromatic N) is 3. The summed E-state index contributed by atoms with van der Waals surface area (Å²) in [4.78, 5) is 0. The van der Waals surface area contributed by atoms with Crippen molar-refractivity contribution in [1.29, 1.82) is 0 Å². The maximum atomic E-state index is 4.18. The van der Waals surface area contributed by atoms with Crippen LogP contribution in [0.1, 0.15) is 51.1 Å². The molecule has 0 aliphatic heterocycles. The molecule has 1 heterocycles. The Balaban J connectivity index is 1.44. The molecule has 0 saturated heterocycles. The molecule has 4 fully saturated rings. The minimum Gasteiger partial charge on any atom is -0.308 e. The molecular formula is C16H26N4. The van der Waals surface area contributed by atoms with Crippen molar-refractivity contribution in [2.24, 2.45) is 30.2 Å². The molecule has 0 spiro atoms. The topological polar surface area (TPSA) is 42.7 Å². The number of aryl methyl sites for hydroxylation is 1. The van der Waals surface area contributed by atoms with Gasteiger partial charge >= 0.3 is 0 Å². The molecule has 4 nitrogen and oxygen atoms in total. The van der Waals surface area contributed by atoms with Gasteiger partial charge in [0.05, 0.1) is 5.69 Å². The third-order valence-electron chi connectivity index (χ3n) is 6.24. The first-order chi connectivity index (χ1) is 9.63. The summed E-state index contributed by atoms with van der Waals surface area (Å²) in [5.74, 6) is 3.09. The first-order valence-corrected chi connectivity index (χ1v) is 8.21. The van der Waals surface area contributed by atoms with E-state index in [0.717, 1.165) is 30.0 Å². The Morgan fingerprint density at radius 1 is 1.25 bits per heavy atom. The fourth-order valence-electron chi connectivity index (χ4n) is 5.66. The van der Waals surface area contributed by atoms with Crippen molar-refractivity contribution < 1.29 is 0 Å². The second-order valence-electron chi connectivity index (χ2n) is 7.77. The van der Waals surface area contributed by atoms with Crippen LogP contribution < -0.4 is 5.32 Å². The zero-order chi connectivity index (χ0) is 13.7. The van der Waals surface area contributed by atoms with Crippen LogP contribution in [0.5, 0.6) is 0 Å². The average molecular weight is 274 g/mol. The normalized spacial score (nSPS) is 40.2. The molecule has 4 heteroatoms. The van der Waals surface area contributed by atoms with E-state index in [9.17, 15) is 0 Å². The zero-order valence-electron chi connectivity index (χ0n) is 12.7. The Bertz CT molecular complexity index is 457. The summed E-state index contributed by atoms with van der Waals surface area (Å²) in [6.45, 7) is 3.26. The first kappa shape index (κ1) is 12.8. The molecule has 1 aromatic heterocycles. The second kappa shape index (κ2) is 4.55. The monoisotopic (exact) mass is 274 g/mol. The Labute approximate surface area is 121 Å². The van der Waals surface area contributed by atoms with Crippen LogP contribution in [-0.2, 0) is 13.6 Å². The Hall–Kier alpha value is -0.900. The lowest BCUT2D eigenvalue weighted by Gasteiger charge is -2.59. The van der Waals surface area contributed by atoms with E-state index < -0.39 is 0 Å². The van der Waals surface area contributed by atoms with E-state index in [4.69, 9.17) is 0 Å². The number of hydrogen-bond donors (Lipinski definition) is 1. The van der Waals surface area contributed by atoms with E-state index in [0.29, 0.717) is 11.5 Å². The van der Waals surface area contributed by atoms with Gasteiger partial charge < -0.3 is 5.32 Å². The summed E-state index contributed by atoms with van der Waals surface area (Å²) >= 11 is 0. The number of aromatic nitrogens is 3. The third kappa shape index (κ3) is 2.09. The maximum absolute atomic E-state index is 4.18. The van der Waals surface area contributed by atoms with Gasteiger partial charge in [0.2, 0.25) is 0 Å². The highest BCUT2D eigenvalue weighted by molar-refractivity contribution is 5.05. The highest BCUT2D eigenvalue weighted by Crippen LogP contribution is 2.61. The molecule has 4 aliphatic rings. The lowest BCUT2D eigenvalue weighted by molar-refractivity contribution is -0.0707. The van der Waals surface area contributed by atoms with Crippen molar-refractivity contribution >= 4 is 0 Å². The highest BCUT2D eigenvalue weighted by atomic mass is 15.4. The van der Waals surface area contributed by atoms with Gasteiger partial charge in [0.25, 0.3) is 0 Å². The van der Waals surface area contributed by atoms with Gasteiger partial charge in [-0.25, -0.2) is 0 Å². The smallest absolute Gasteiger partial charge is 0.0964 e. The molecule has 5 rings (SSSR count). The quantitative estimate of drug-likeness (QED) is 0.917. The summed E-state index contributed by atoms with van der Waals surface area (Å²) in [6.07, 6.45) is 11.0. The summed E-state index contributed by atoms with van der Waals surface area (Å²) in [7, 11) is 1.93. The van der Waals surface area contributed by atoms with Crippen LogP contribution in [0.2, 0.25) is 0 Å². The minimum absolute atomic E-state index is 0.580. The van der Waals surface area contributed by atoms with Gasteiger partial charge in [-0.3, -0.25) is 4.68 Å². The van der Waals surface area contributed by atoms with Crippen molar-refractivity contribution in [3.63, 3.8) is 0 Å². The first-order valence-electron chi connectivity index (χ1n) is 8.21. The molecule has 110 valence electrons. The lowest BCUT2D eigenvalue weighted by atomic mass is 9.48. The second-order valence-corrected chi connectivity index (χ2v) is 7.77. The minimum atomic E-state index is 0.580. The van der Waals surface area contributed by atoms with Crippen LogP contribution in [0, 0.1) is 23.2 Å². The van der Waals surface area contributed by atoms with E-state index in [2.05, 4.69) is 22.6 Å². The van der Waals surface area contributed by atoms with Gasteiger partial charge in [0.15, 0.2) is 0 Å². The van der Waals surface area contributed by atoms with E-state index in [1.807, 2.05) is 13.2 Å². The van der Waals surface area contributed by atoms with Crippen LogP contribution in [-0.4, -0.2) is 21.0 Å². The van der Waals surface area contributed by atoms with Gasteiger partial charge in [-0.2, -0.15) is 0 Å².